The van der Waals surface area contributed by atoms with Gasteiger partial charge in [0.05, 0.1) is 25.0 Å². The first-order valence-electron chi connectivity index (χ1n) is 9.23. The van der Waals surface area contributed by atoms with Crippen molar-refractivity contribution < 1.29 is 14.3 Å². The molecule has 0 aliphatic heterocycles. The Bertz CT molecular complexity index is 1180. The molecule has 1 aromatic heterocycles. The van der Waals surface area contributed by atoms with Crippen LogP contribution in [0.1, 0.15) is 21.7 Å². The number of amides is 2. The number of hydrazone groups is 1. The predicted molar refractivity (Wildman–Crippen MR) is 123 cm³/mol. The lowest BCUT2D eigenvalue weighted by Gasteiger charge is -2.08. The minimum absolute atomic E-state index is 0.399. The molecule has 9 nitrogen and oxygen atoms in total. The van der Waals surface area contributed by atoms with Crippen LogP contribution in [0.2, 0.25) is 0 Å². The van der Waals surface area contributed by atoms with E-state index in [1.54, 1.807) is 24.9 Å². The van der Waals surface area contributed by atoms with Gasteiger partial charge < -0.3 is 10.1 Å². The van der Waals surface area contributed by atoms with Crippen molar-refractivity contribution >= 4 is 46.8 Å². The molecule has 3 aromatic rings. The van der Waals surface area contributed by atoms with Crippen molar-refractivity contribution in [2.75, 3.05) is 12.4 Å². The van der Waals surface area contributed by atoms with Crippen LogP contribution in [0.3, 0.4) is 0 Å². The molecule has 0 radical (unpaired) electrons. The van der Waals surface area contributed by atoms with Crippen LogP contribution >= 0.6 is 23.1 Å². The van der Waals surface area contributed by atoms with Crippen LogP contribution in [0.4, 0.5) is 5.69 Å². The molecule has 32 heavy (non-hydrogen) atoms. The number of aromatic nitrogens is 2. The summed E-state index contributed by atoms with van der Waals surface area (Å²) in [5.74, 6) is -0.437. The molecule has 1 heterocycles. The number of carbonyl (C=O) groups excluding carboxylic acids is 2. The summed E-state index contributed by atoms with van der Waals surface area (Å²) in [6, 6.07) is 13.6. The Labute approximate surface area is 192 Å². The van der Waals surface area contributed by atoms with Gasteiger partial charge in [0.2, 0.25) is 0 Å². The van der Waals surface area contributed by atoms with Crippen LogP contribution in [-0.2, 0) is 15.3 Å². The number of anilines is 1. The molecule has 0 saturated carbocycles. The van der Waals surface area contributed by atoms with Crippen molar-refractivity contribution in [2.24, 2.45) is 5.10 Å². The van der Waals surface area contributed by atoms with Crippen molar-refractivity contribution in [2.45, 2.75) is 17.0 Å². The van der Waals surface area contributed by atoms with Crippen molar-refractivity contribution in [3.05, 3.63) is 64.2 Å². The van der Waals surface area contributed by atoms with E-state index in [0.29, 0.717) is 17.0 Å². The number of ether oxygens (including phenoxy) is 1. The molecular formula is C21H18N6O3S2. The van der Waals surface area contributed by atoms with E-state index in [1.807, 2.05) is 25.1 Å². The van der Waals surface area contributed by atoms with Crippen LogP contribution < -0.4 is 15.5 Å². The summed E-state index contributed by atoms with van der Waals surface area (Å²) in [7, 11) is 1.60. The second kappa shape index (κ2) is 11.0. The first-order chi connectivity index (χ1) is 15.5. The SMILES string of the molecule is COc1ccc(/C=N/NC(=O)C(=O)Nc2ccc(C#N)cc2)cc1CSc1nnc(C)s1. The number of benzene rings is 2. The van der Waals surface area contributed by atoms with E-state index >= 15 is 0 Å². The van der Waals surface area contributed by atoms with E-state index in [9.17, 15) is 9.59 Å². The first kappa shape index (κ1) is 22.9. The normalized spacial score (nSPS) is 10.5. The summed E-state index contributed by atoms with van der Waals surface area (Å²) in [5.41, 5.74) is 4.70. The minimum Gasteiger partial charge on any atom is -0.496 e. The van der Waals surface area contributed by atoms with Crippen LogP contribution in [0, 0.1) is 18.3 Å². The number of hydrogen-bond acceptors (Lipinski definition) is 9. The molecule has 0 atom stereocenters. The smallest absolute Gasteiger partial charge is 0.329 e. The average molecular weight is 467 g/mol. The third-order valence-corrected chi connectivity index (χ3v) is 6.04. The predicted octanol–water partition coefficient (Wildman–Crippen LogP) is 3.11. The van der Waals surface area contributed by atoms with E-state index in [0.717, 1.165) is 26.2 Å². The topological polar surface area (TPSA) is 129 Å². The molecule has 0 unspecified atom stereocenters. The molecule has 2 amide bonds. The Morgan fingerprint density at radius 1 is 1.22 bits per heavy atom. The molecule has 0 spiro atoms. The number of hydrogen-bond donors (Lipinski definition) is 2. The van der Waals surface area contributed by atoms with Gasteiger partial charge in [-0.25, -0.2) is 5.43 Å². The number of methoxy groups -OCH3 is 1. The summed E-state index contributed by atoms with van der Waals surface area (Å²) < 4.78 is 6.27. The number of nitrogens with zero attached hydrogens (tertiary/aromatic N) is 4. The second-order valence-electron chi connectivity index (χ2n) is 6.29. The summed E-state index contributed by atoms with van der Waals surface area (Å²) >= 11 is 3.07. The van der Waals surface area contributed by atoms with Gasteiger partial charge in [0.15, 0.2) is 4.34 Å². The zero-order valence-electron chi connectivity index (χ0n) is 17.2. The van der Waals surface area contributed by atoms with E-state index in [4.69, 9.17) is 10.00 Å². The summed E-state index contributed by atoms with van der Waals surface area (Å²) in [6.07, 6.45) is 1.44. The molecule has 0 bridgehead atoms. The van der Waals surface area contributed by atoms with Crippen LogP contribution in [-0.4, -0.2) is 35.3 Å². The fraction of sp³-hybridized carbons (Fsp3) is 0.143. The number of nitriles is 1. The zero-order chi connectivity index (χ0) is 22.9. The van der Waals surface area contributed by atoms with E-state index in [2.05, 4.69) is 26.0 Å². The van der Waals surface area contributed by atoms with E-state index < -0.39 is 11.8 Å². The molecule has 0 aliphatic carbocycles. The molecule has 2 N–H and O–H groups in total. The van der Waals surface area contributed by atoms with Crippen molar-refractivity contribution in [3.63, 3.8) is 0 Å². The van der Waals surface area contributed by atoms with Gasteiger partial charge in [-0.2, -0.15) is 10.4 Å². The fourth-order valence-corrected chi connectivity index (χ4v) is 4.29. The van der Waals surface area contributed by atoms with E-state index in [1.165, 1.54) is 41.8 Å². The maximum Gasteiger partial charge on any atom is 0.329 e. The third-order valence-electron chi connectivity index (χ3n) is 4.02. The Morgan fingerprint density at radius 2 is 2.00 bits per heavy atom. The zero-order valence-corrected chi connectivity index (χ0v) is 18.8. The highest BCUT2D eigenvalue weighted by molar-refractivity contribution is 8.00. The summed E-state index contributed by atoms with van der Waals surface area (Å²) in [5, 5.41) is 24.1. The van der Waals surface area contributed by atoms with Crippen molar-refractivity contribution in [1.29, 1.82) is 5.26 Å². The van der Waals surface area contributed by atoms with Gasteiger partial charge in [0.25, 0.3) is 0 Å². The quantitative estimate of drug-likeness (QED) is 0.237. The second-order valence-corrected chi connectivity index (χ2v) is 8.69. The van der Waals surface area contributed by atoms with Crippen molar-refractivity contribution in [3.8, 4) is 11.8 Å². The number of nitrogens with one attached hydrogen (secondary N) is 2. The molecular weight excluding hydrogens is 448 g/mol. The first-order valence-corrected chi connectivity index (χ1v) is 11.0. The van der Waals surface area contributed by atoms with Crippen LogP contribution in [0.25, 0.3) is 0 Å². The monoisotopic (exact) mass is 466 g/mol. The lowest BCUT2D eigenvalue weighted by Crippen LogP contribution is -2.32. The maximum absolute atomic E-state index is 12.0. The molecule has 11 heteroatoms. The Kier molecular flexibility index (Phi) is 7.91. The Balaban J connectivity index is 1.58. The highest BCUT2D eigenvalue weighted by Crippen LogP contribution is 2.30. The van der Waals surface area contributed by atoms with Gasteiger partial charge in [-0.15, -0.1) is 10.2 Å². The Morgan fingerprint density at radius 3 is 2.66 bits per heavy atom. The molecule has 0 aliphatic rings. The van der Waals surface area contributed by atoms with Gasteiger partial charge in [0, 0.05) is 17.0 Å². The third kappa shape index (κ3) is 6.37. The minimum atomic E-state index is -0.915. The largest absolute Gasteiger partial charge is 0.496 e. The van der Waals surface area contributed by atoms with Gasteiger partial charge >= 0.3 is 11.8 Å². The molecule has 162 valence electrons. The van der Waals surface area contributed by atoms with E-state index in [-0.39, 0.29) is 0 Å². The van der Waals surface area contributed by atoms with Gasteiger partial charge in [-0.3, -0.25) is 9.59 Å². The number of carbonyl (C=O) groups is 2. The number of rotatable bonds is 7. The molecule has 0 saturated heterocycles. The number of thioether (sulfide) groups is 1. The fourth-order valence-electron chi connectivity index (χ4n) is 2.50. The average Bonchev–Trinajstić information content (AvgIpc) is 3.23. The highest BCUT2D eigenvalue weighted by atomic mass is 32.2. The molecule has 3 rings (SSSR count). The standard InChI is InChI=1S/C21H18N6O3S2/c1-13-25-27-21(32-13)31-12-16-9-15(5-8-18(16)30-2)11-23-26-20(29)19(28)24-17-6-3-14(10-22)4-7-17/h3-9,11H,12H2,1-2H3,(H,24,28)(H,26,29)/b23-11+. The van der Waals surface area contributed by atoms with Crippen molar-refractivity contribution in [1.82, 2.24) is 15.6 Å². The molecule has 0 fully saturated rings. The summed E-state index contributed by atoms with van der Waals surface area (Å²) in [4.78, 5) is 23.9. The van der Waals surface area contributed by atoms with Crippen LogP contribution in [0.15, 0.2) is 51.9 Å². The summed E-state index contributed by atoms with van der Waals surface area (Å²) in [6.45, 7) is 1.90. The van der Waals surface area contributed by atoms with Crippen LogP contribution in [0.5, 0.6) is 5.75 Å². The molecule has 2 aromatic carbocycles. The van der Waals surface area contributed by atoms with Gasteiger partial charge in [-0.1, -0.05) is 23.1 Å². The highest BCUT2D eigenvalue weighted by Gasteiger charge is 2.13. The lowest BCUT2D eigenvalue weighted by molar-refractivity contribution is -0.136. The maximum atomic E-state index is 12.0. The lowest BCUT2D eigenvalue weighted by atomic mass is 10.1. The van der Waals surface area contributed by atoms with Gasteiger partial charge in [-0.05, 0) is 55.0 Å². The Hall–Kier alpha value is -3.75. The van der Waals surface area contributed by atoms with Gasteiger partial charge in [0.1, 0.15) is 10.8 Å². The number of aryl methyl sites for hydroxylation is 1.